The van der Waals surface area contributed by atoms with Crippen LogP contribution in [0.1, 0.15) is 62.0 Å². The van der Waals surface area contributed by atoms with Gasteiger partial charge in [0.05, 0.1) is 12.3 Å². The Labute approximate surface area is 293 Å². The van der Waals surface area contributed by atoms with Crippen molar-refractivity contribution in [2.75, 3.05) is 16.7 Å². The van der Waals surface area contributed by atoms with E-state index in [0.717, 1.165) is 30.8 Å². The van der Waals surface area contributed by atoms with Crippen LogP contribution in [0.4, 0.5) is 19.3 Å². The zero-order valence-corrected chi connectivity index (χ0v) is 29.7. The summed E-state index contributed by atoms with van der Waals surface area (Å²) in [6.45, 7) is 5.28. The molecule has 0 spiro atoms. The van der Waals surface area contributed by atoms with E-state index in [2.05, 4.69) is 4.74 Å². The Bertz CT molecular complexity index is 1790. The second-order valence-corrected chi connectivity index (χ2v) is 15.2. The summed E-state index contributed by atoms with van der Waals surface area (Å²) >= 11 is 12.6. The Morgan fingerprint density at radius 1 is 1.02 bits per heavy atom. The fourth-order valence-corrected chi connectivity index (χ4v) is 6.40. The first-order chi connectivity index (χ1) is 22.8. The van der Waals surface area contributed by atoms with Crippen molar-refractivity contribution in [2.24, 2.45) is 5.92 Å². The van der Waals surface area contributed by atoms with Crippen molar-refractivity contribution in [3.05, 3.63) is 86.3 Å². The molecule has 1 fully saturated rings. The predicted molar refractivity (Wildman–Crippen MR) is 178 cm³/mol. The molecule has 3 aromatic rings. The number of sulfonamides is 1. The van der Waals surface area contributed by atoms with Crippen LogP contribution in [0, 0.1) is 25.0 Å². The van der Waals surface area contributed by atoms with Gasteiger partial charge in [-0.3, -0.25) is 4.79 Å². The normalized spacial score (nSPS) is 13.9. The van der Waals surface area contributed by atoms with Gasteiger partial charge in [-0.05, 0) is 94.3 Å². The van der Waals surface area contributed by atoms with Crippen LogP contribution in [-0.2, 0) is 30.7 Å². The van der Waals surface area contributed by atoms with Gasteiger partial charge in [0.2, 0.25) is 0 Å². The molecule has 1 aliphatic carbocycles. The molecule has 1 aliphatic rings. The summed E-state index contributed by atoms with van der Waals surface area (Å²) in [4.78, 5) is 26.8. The number of anilines is 1. The second-order valence-electron chi connectivity index (χ2n) is 12.6. The Hall–Kier alpha value is -3.88. The number of aromatic nitrogens is 1. The van der Waals surface area contributed by atoms with E-state index in [1.807, 2.05) is 0 Å². The smallest absolute Gasteiger partial charge is 0.428 e. The van der Waals surface area contributed by atoms with Gasteiger partial charge < -0.3 is 24.2 Å². The molecule has 0 bridgehead atoms. The summed E-state index contributed by atoms with van der Waals surface area (Å²) in [6, 6.07) is 8.35. The summed E-state index contributed by atoms with van der Waals surface area (Å²) < 4.78 is 76.2. The van der Waals surface area contributed by atoms with Crippen LogP contribution >= 0.6 is 23.2 Å². The highest BCUT2D eigenvalue weighted by molar-refractivity contribution is 7.94. The number of esters is 1. The first-order valence-corrected chi connectivity index (χ1v) is 17.5. The second kappa shape index (κ2) is 15.3. The largest absolute Gasteiger partial charge is 0.619 e. The maximum Gasteiger partial charge on any atom is 0.428 e. The SMILES string of the molecule is Cc1ccc(N(C(=O)OC(C)(C)C)S(=O)(=O)CC(=O)O[C@@H](Cc2c(Cl)c[n+]([O-])cc2Cl)c2ccc(OC(F)F)c(OCC3CC3)c2)cc1C. The van der Waals surface area contributed by atoms with E-state index in [1.165, 1.54) is 30.3 Å². The zero-order valence-electron chi connectivity index (χ0n) is 27.4. The first kappa shape index (κ1) is 37.9. The lowest BCUT2D eigenvalue weighted by molar-refractivity contribution is -0.605. The molecule has 1 amide bonds. The number of alkyl halides is 2. The number of nitrogens with zero attached hydrogens (tertiary/aromatic N) is 2. The maximum absolute atomic E-state index is 13.8. The van der Waals surface area contributed by atoms with E-state index >= 15 is 0 Å². The van der Waals surface area contributed by atoms with Crippen molar-refractivity contribution >= 4 is 51.0 Å². The Kier molecular flexibility index (Phi) is 11.9. The highest BCUT2D eigenvalue weighted by Crippen LogP contribution is 2.38. The van der Waals surface area contributed by atoms with Gasteiger partial charge in [0.15, 0.2) is 29.6 Å². The molecule has 266 valence electrons. The van der Waals surface area contributed by atoms with Crippen molar-refractivity contribution in [1.82, 2.24) is 0 Å². The zero-order chi connectivity index (χ0) is 36.3. The quantitative estimate of drug-likeness (QED) is 0.101. The molecule has 0 unspecified atom stereocenters. The van der Waals surface area contributed by atoms with Crippen molar-refractivity contribution < 1.29 is 50.5 Å². The predicted octanol–water partition coefficient (Wildman–Crippen LogP) is 7.23. The minimum atomic E-state index is -4.78. The average molecular weight is 746 g/mol. The Morgan fingerprint density at radius 2 is 1.67 bits per heavy atom. The van der Waals surface area contributed by atoms with Crippen LogP contribution in [0.3, 0.4) is 0 Å². The van der Waals surface area contributed by atoms with Gasteiger partial charge in [0, 0.05) is 12.0 Å². The molecule has 0 saturated heterocycles. The summed E-state index contributed by atoms with van der Waals surface area (Å²) in [7, 11) is -4.78. The number of rotatable bonds is 13. The molecule has 1 heterocycles. The van der Waals surface area contributed by atoms with Crippen LogP contribution < -0.4 is 18.5 Å². The third kappa shape index (κ3) is 10.6. The average Bonchev–Trinajstić information content (AvgIpc) is 3.78. The number of ether oxygens (including phenoxy) is 4. The van der Waals surface area contributed by atoms with Gasteiger partial charge in [0.25, 0.3) is 10.0 Å². The molecule has 2 aromatic carbocycles. The summed E-state index contributed by atoms with van der Waals surface area (Å²) in [5.41, 5.74) is 0.740. The van der Waals surface area contributed by atoms with Crippen LogP contribution in [0.5, 0.6) is 11.5 Å². The number of hydrogen-bond donors (Lipinski definition) is 0. The monoisotopic (exact) mass is 744 g/mol. The highest BCUT2D eigenvalue weighted by Gasteiger charge is 2.37. The van der Waals surface area contributed by atoms with Gasteiger partial charge in [-0.25, -0.2) is 13.2 Å². The van der Waals surface area contributed by atoms with Crippen LogP contribution in [0.25, 0.3) is 0 Å². The lowest BCUT2D eigenvalue weighted by Crippen LogP contribution is -2.43. The third-order valence-electron chi connectivity index (χ3n) is 7.31. The lowest BCUT2D eigenvalue weighted by atomic mass is 10.0. The standard InChI is InChI=1S/C33H36Cl2F2N2O9S/c1-19-6-10-23(12-20(19)2)39(32(41)48-33(3,4)5)49(43,44)18-30(40)46-28(14-24-25(34)15-38(42)16-26(24)35)22-9-11-27(47-31(36)37)29(13-22)45-17-21-7-8-21/h6,9-13,15-16,21,28,31H,7-8,14,17-18H2,1-5H3/t28-/m0/s1. The number of halogens is 4. The lowest BCUT2D eigenvalue weighted by Gasteiger charge is -2.27. The topological polar surface area (TPSA) is 135 Å². The number of benzene rings is 2. The number of carbonyl (C=O) groups is 2. The van der Waals surface area contributed by atoms with E-state index in [9.17, 15) is 32.0 Å². The minimum absolute atomic E-state index is 0.0532. The summed E-state index contributed by atoms with van der Waals surface area (Å²) in [5.74, 6) is -2.67. The minimum Gasteiger partial charge on any atom is -0.619 e. The number of aryl methyl sites for hydroxylation is 2. The Balaban J connectivity index is 1.70. The van der Waals surface area contributed by atoms with Crippen LogP contribution in [0.2, 0.25) is 10.0 Å². The molecule has 1 aromatic heterocycles. The molecule has 11 nitrogen and oxygen atoms in total. The fourth-order valence-electron chi connectivity index (χ4n) is 4.60. The van der Waals surface area contributed by atoms with E-state index < -0.39 is 46.2 Å². The molecule has 4 rings (SSSR count). The highest BCUT2D eigenvalue weighted by atomic mass is 35.5. The molecule has 0 aliphatic heterocycles. The maximum atomic E-state index is 13.8. The van der Waals surface area contributed by atoms with Gasteiger partial charge in [-0.15, -0.1) is 0 Å². The Morgan fingerprint density at radius 3 is 2.24 bits per heavy atom. The number of hydrogen-bond acceptors (Lipinski definition) is 9. The van der Waals surface area contributed by atoms with Crippen LogP contribution in [0.15, 0.2) is 48.8 Å². The molecule has 0 N–H and O–H groups in total. The fraction of sp³-hybridized carbons (Fsp3) is 0.424. The molecule has 0 radical (unpaired) electrons. The molecular formula is C33H36Cl2F2N2O9S. The first-order valence-electron chi connectivity index (χ1n) is 15.1. The number of pyridine rings is 1. The third-order valence-corrected chi connectivity index (χ3v) is 9.48. The number of amides is 1. The van der Waals surface area contributed by atoms with Crippen molar-refractivity contribution in [1.29, 1.82) is 0 Å². The van der Waals surface area contributed by atoms with Gasteiger partial charge >= 0.3 is 18.7 Å². The van der Waals surface area contributed by atoms with Crippen molar-refractivity contribution in [3.63, 3.8) is 0 Å². The molecule has 49 heavy (non-hydrogen) atoms. The van der Waals surface area contributed by atoms with Crippen LogP contribution in [-0.4, -0.2) is 45.1 Å². The van der Waals surface area contributed by atoms with E-state index in [0.29, 0.717) is 14.6 Å². The van der Waals surface area contributed by atoms with Gasteiger partial charge in [-0.2, -0.15) is 17.8 Å². The van der Waals surface area contributed by atoms with Gasteiger partial charge in [0.1, 0.15) is 21.8 Å². The molecule has 1 atom stereocenters. The molecular weight excluding hydrogens is 709 g/mol. The van der Waals surface area contributed by atoms with E-state index in [4.69, 9.17) is 37.4 Å². The summed E-state index contributed by atoms with van der Waals surface area (Å²) in [5, 5.41) is 11.7. The van der Waals surface area contributed by atoms with Crippen molar-refractivity contribution in [2.45, 2.75) is 72.2 Å². The van der Waals surface area contributed by atoms with Crippen molar-refractivity contribution in [3.8, 4) is 11.5 Å². The van der Waals surface area contributed by atoms with Gasteiger partial charge in [-0.1, -0.05) is 35.3 Å². The van der Waals surface area contributed by atoms with E-state index in [-0.39, 0.29) is 57.3 Å². The van der Waals surface area contributed by atoms with E-state index in [1.54, 1.807) is 40.7 Å². The summed E-state index contributed by atoms with van der Waals surface area (Å²) in [6.07, 6.45) is 1.03. The molecule has 1 saturated carbocycles. The molecule has 16 heteroatoms. The number of carbonyl (C=O) groups excluding carboxylic acids is 2.